The van der Waals surface area contributed by atoms with E-state index >= 15 is 0 Å². The Balaban J connectivity index is 1.91. The average Bonchev–Trinajstić information content (AvgIpc) is 2.98. The van der Waals surface area contributed by atoms with E-state index in [-0.39, 0.29) is 12.6 Å². The summed E-state index contributed by atoms with van der Waals surface area (Å²) in [5.74, 6) is 0.699. The zero-order valence-electron chi connectivity index (χ0n) is 13.3. The maximum atomic E-state index is 13.0. The van der Waals surface area contributed by atoms with Gasteiger partial charge in [0, 0.05) is 20.1 Å². The number of benzene rings is 1. The second-order valence-corrected chi connectivity index (χ2v) is 7.81. The molecule has 23 heavy (non-hydrogen) atoms. The molecule has 8 heteroatoms. The van der Waals surface area contributed by atoms with Crippen molar-refractivity contribution in [3.8, 4) is 5.75 Å². The molecule has 0 radical (unpaired) electrons. The first-order valence-corrected chi connectivity index (χ1v) is 9.11. The Bertz CT molecular complexity index is 645. The summed E-state index contributed by atoms with van der Waals surface area (Å²) >= 11 is 0. The number of methoxy groups -OCH3 is 1. The van der Waals surface area contributed by atoms with Crippen molar-refractivity contribution >= 4 is 10.0 Å². The molecule has 0 aliphatic carbocycles. The molecule has 0 N–H and O–H groups in total. The normalized spacial score (nSPS) is 27.2. The van der Waals surface area contributed by atoms with E-state index < -0.39 is 15.3 Å². The highest BCUT2D eigenvalue weighted by atomic mass is 32.2. The van der Waals surface area contributed by atoms with Gasteiger partial charge in [-0.3, -0.25) is 4.84 Å². The molecule has 0 amide bonds. The number of hydrogen-bond donors (Lipinski definition) is 0. The minimum atomic E-state index is -3.47. The van der Waals surface area contributed by atoms with Crippen LogP contribution in [-0.4, -0.2) is 70.1 Å². The summed E-state index contributed by atoms with van der Waals surface area (Å²) in [4.78, 5) is 5.54. The molecule has 0 bridgehead atoms. The molecule has 0 spiro atoms. The Morgan fingerprint density at radius 2 is 2.00 bits per heavy atom. The molecule has 2 aliphatic rings. The average molecular weight is 342 g/mol. The smallest absolute Gasteiger partial charge is 0.221 e. The van der Waals surface area contributed by atoms with Crippen molar-refractivity contribution in [2.45, 2.75) is 11.3 Å². The van der Waals surface area contributed by atoms with Gasteiger partial charge in [0.25, 0.3) is 0 Å². The van der Waals surface area contributed by atoms with Crippen LogP contribution in [0.1, 0.15) is 11.6 Å². The summed E-state index contributed by atoms with van der Waals surface area (Å²) in [7, 11) is -0.110. The van der Waals surface area contributed by atoms with Gasteiger partial charge in [-0.05, 0) is 17.7 Å². The third kappa shape index (κ3) is 3.22. The van der Waals surface area contributed by atoms with Crippen LogP contribution >= 0.6 is 0 Å². The zero-order valence-corrected chi connectivity index (χ0v) is 14.2. The molecule has 2 atom stereocenters. The van der Waals surface area contributed by atoms with Gasteiger partial charge in [0.15, 0.2) is 0 Å². The van der Waals surface area contributed by atoms with Crippen molar-refractivity contribution < 1.29 is 22.7 Å². The molecule has 2 unspecified atom stereocenters. The second kappa shape index (κ2) is 6.74. The molecule has 128 valence electrons. The van der Waals surface area contributed by atoms with Crippen molar-refractivity contribution in [3.05, 3.63) is 29.8 Å². The number of nitrogens with zero attached hydrogens (tertiary/aromatic N) is 2. The lowest BCUT2D eigenvalue weighted by Gasteiger charge is -2.31. The fourth-order valence-corrected chi connectivity index (χ4v) is 5.02. The van der Waals surface area contributed by atoms with E-state index in [0.29, 0.717) is 32.1 Å². The summed E-state index contributed by atoms with van der Waals surface area (Å²) in [6.45, 7) is 1.82. The van der Waals surface area contributed by atoms with Gasteiger partial charge >= 0.3 is 0 Å². The molecule has 3 rings (SSSR count). The van der Waals surface area contributed by atoms with E-state index in [4.69, 9.17) is 14.3 Å². The first-order chi connectivity index (χ1) is 11.0. The predicted octanol–water partition coefficient (Wildman–Crippen LogP) is 0.644. The fourth-order valence-electron chi connectivity index (χ4n) is 3.09. The predicted molar refractivity (Wildman–Crippen MR) is 84.5 cm³/mol. The highest BCUT2D eigenvalue weighted by Crippen LogP contribution is 2.36. The number of hydrogen-bond acceptors (Lipinski definition) is 6. The molecular formula is C15H22N2O5S. The van der Waals surface area contributed by atoms with Crippen LogP contribution in [-0.2, 0) is 19.6 Å². The van der Waals surface area contributed by atoms with Gasteiger partial charge in [-0.2, -0.15) is 9.37 Å². The summed E-state index contributed by atoms with van der Waals surface area (Å²) in [6, 6.07) is 7.10. The van der Waals surface area contributed by atoms with Crippen molar-refractivity contribution in [2.24, 2.45) is 0 Å². The Kier molecular flexibility index (Phi) is 4.88. The monoisotopic (exact) mass is 342 g/mol. The number of hydroxylamine groups is 2. The van der Waals surface area contributed by atoms with Gasteiger partial charge in [-0.25, -0.2) is 8.42 Å². The number of ether oxygens (including phenoxy) is 2. The Hall–Kier alpha value is -1.19. The van der Waals surface area contributed by atoms with Crippen molar-refractivity contribution in [1.29, 1.82) is 0 Å². The Morgan fingerprint density at radius 3 is 2.70 bits per heavy atom. The van der Waals surface area contributed by atoms with Crippen LogP contribution in [0, 0.1) is 0 Å². The third-order valence-corrected chi connectivity index (χ3v) is 6.58. The van der Waals surface area contributed by atoms with Crippen molar-refractivity contribution in [3.63, 3.8) is 0 Å². The Labute approximate surface area is 136 Å². The fraction of sp³-hybridized carbons (Fsp3) is 0.600. The molecule has 2 aliphatic heterocycles. The van der Waals surface area contributed by atoms with Gasteiger partial charge in [-0.15, -0.1) is 0 Å². The van der Waals surface area contributed by atoms with Crippen LogP contribution in [0.25, 0.3) is 0 Å². The van der Waals surface area contributed by atoms with E-state index in [9.17, 15) is 8.42 Å². The van der Waals surface area contributed by atoms with Crippen molar-refractivity contribution in [2.75, 3.05) is 47.1 Å². The summed E-state index contributed by atoms with van der Waals surface area (Å²) in [6.07, 6.45) is 0. The number of morpholine rings is 1. The van der Waals surface area contributed by atoms with Crippen LogP contribution in [0.5, 0.6) is 5.75 Å². The van der Waals surface area contributed by atoms with Gasteiger partial charge in [0.1, 0.15) is 11.0 Å². The molecule has 2 saturated heterocycles. The van der Waals surface area contributed by atoms with E-state index in [1.165, 1.54) is 4.31 Å². The van der Waals surface area contributed by atoms with E-state index in [1.54, 1.807) is 19.2 Å². The molecule has 0 aromatic heterocycles. The van der Waals surface area contributed by atoms with Gasteiger partial charge in [0.05, 0.1) is 33.0 Å². The second-order valence-electron chi connectivity index (χ2n) is 5.66. The van der Waals surface area contributed by atoms with Crippen molar-refractivity contribution in [1.82, 2.24) is 9.37 Å². The lowest BCUT2D eigenvalue weighted by Crippen LogP contribution is -2.47. The SMILES string of the molecule is COc1cccc(C2C(S(=O)(=O)N3CCOCC3)CON2C)c1. The standard InChI is InChI=1S/C15H22N2O5S/c1-16-15(12-4-3-5-13(10-12)20-2)14(11-22-16)23(18,19)17-6-8-21-9-7-17/h3-5,10,14-15H,6-9,11H2,1-2H3. The summed E-state index contributed by atoms with van der Waals surface area (Å²) in [5, 5.41) is 0.981. The van der Waals surface area contributed by atoms with Gasteiger partial charge < -0.3 is 9.47 Å². The van der Waals surface area contributed by atoms with Crippen LogP contribution < -0.4 is 4.74 Å². The lowest BCUT2D eigenvalue weighted by atomic mass is 10.0. The van der Waals surface area contributed by atoms with E-state index in [0.717, 1.165) is 5.56 Å². The van der Waals surface area contributed by atoms with E-state index in [2.05, 4.69) is 0 Å². The molecule has 1 aromatic carbocycles. The highest BCUT2D eigenvalue weighted by Gasteiger charge is 2.46. The molecule has 7 nitrogen and oxygen atoms in total. The van der Waals surface area contributed by atoms with Gasteiger partial charge in [-0.1, -0.05) is 12.1 Å². The molecule has 0 saturated carbocycles. The highest BCUT2D eigenvalue weighted by molar-refractivity contribution is 7.89. The van der Waals surface area contributed by atoms with Crippen LogP contribution in [0.3, 0.4) is 0 Å². The molecular weight excluding hydrogens is 320 g/mol. The van der Waals surface area contributed by atoms with Crippen LogP contribution in [0.4, 0.5) is 0 Å². The first-order valence-electron chi connectivity index (χ1n) is 7.60. The minimum absolute atomic E-state index is 0.151. The minimum Gasteiger partial charge on any atom is -0.497 e. The molecule has 2 heterocycles. The van der Waals surface area contributed by atoms with E-state index in [1.807, 2.05) is 24.3 Å². The quantitative estimate of drug-likeness (QED) is 0.800. The van der Waals surface area contributed by atoms with Gasteiger partial charge in [0.2, 0.25) is 10.0 Å². The summed E-state index contributed by atoms with van der Waals surface area (Å²) < 4.78 is 38.0. The topological polar surface area (TPSA) is 68.3 Å². The maximum absolute atomic E-state index is 13.0. The third-order valence-electron chi connectivity index (χ3n) is 4.33. The Morgan fingerprint density at radius 1 is 1.26 bits per heavy atom. The molecule has 1 aromatic rings. The van der Waals surface area contributed by atoms with Crippen LogP contribution in [0.15, 0.2) is 24.3 Å². The maximum Gasteiger partial charge on any atom is 0.221 e. The summed E-state index contributed by atoms with van der Waals surface area (Å²) in [5.41, 5.74) is 0.867. The number of rotatable bonds is 4. The zero-order chi connectivity index (χ0) is 16.4. The number of sulfonamides is 1. The lowest BCUT2D eigenvalue weighted by molar-refractivity contribution is -0.110. The molecule has 2 fully saturated rings. The first kappa shape index (κ1) is 16.7. The van der Waals surface area contributed by atoms with Crippen LogP contribution in [0.2, 0.25) is 0 Å². The largest absolute Gasteiger partial charge is 0.497 e.